The van der Waals surface area contributed by atoms with E-state index in [0.29, 0.717) is 23.2 Å². The van der Waals surface area contributed by atoms with E-state index in [4.69, 9.17) is 22.3 Å². The Bertz CT molecular complexity index is 1070. The lowest BCUT2D eigenvalue weighted by atomic mass is 9.92. The number of aromatic nitrogens is 3. The number of hydrogen-bond donors (Lipinski definition) is 3. The summed E-state index contributed by atoms with van der Waals surface area (Å²) in [7, 11) is 4.03. The number of nitrogen functional groups attached to an aromatic ring is 1. The van der Waals surface area contributed by atoms with E-state index in [1.165, 1.54) is 0 Å². The van der Waals surface area contributed by atoms with Gasteiger partial charge in [-0.2, -0.15) is 4.98 Å². The molecule has 4 atom stereocenters. The van der Waals surface area contributed by atoms with Crippen LogP contribution in [-0.4, -0.2) is 46.8 Å². The van der Waals surface area contributed by atoms with Crippen LogP contribution < -0.4 is 16.0 Å². The topological polar surface area (TPSA) is 100 Å². The van der Waals surface area contributed by atoms with Crippen LogP contribution in [0.25, 0.3) is 20.8 Å². The summed E-state index contributed by atoms with van der Waals surface area (Å²) in [6.07, 6.45) is 0.867. The molecule has 2 heterocycles. The van der Waals surface area contributed by atoms with Gasteiger partial charge in [-0.3, -0.25) is 0 Å². The first kappa shape index (κ1) is 21.1. The molecule has 1 fully saturated rings. The summed E-state index contributed by atoms with van der Waals surface area (Å²) in [4.78, 5) is 15.5. The second-order valence-electron chi connectivity index (χ2n) is 8.31. The number of nitrogens with two attached hydrogens (primary N) is 1. The molecule has 4 unspecified atom stereocenters. The van der Waals surface area contributed by atoms with Crippen LogP contribution in [0.1, 0.15) is 20.3 Å². The second kappa shape index (κ2) is 8.17. The zero-order valence-electron chi connectivity index (χ0n) is 17.6. The number of aliphatic hydroxyl groups is 1. The third-order valence-corrected chi connectivity index (χ3v) is 7.61. The van der Waals surface area contributed by atoms with Gasteiger partial charge in [0.1, 0.15) is 16.0 Å². The average Bonchev–Trinajstić information content (AvgIpc) is 3.22. The average molecular weight is 447 g/mol. The van der Waals surface area contributed by atoms with Gasteiger partial charge in [-0.05, 0) is 42.4 Å². The van der Waals surface area contributed by atoms with E-state index in [9.17, 15) is 5.11 Å². The lowest BCUT2D eigenvalue weighted by molar-refractivity contribution is 0.191. The zero-order chi connectivity index (χ0) is 21.6. The molecule has 30 heavy (non-hydrogen) atoms. The summed E-state index contributed by atoms with van der Waals surface area (Å²) in [5, 5.41) is 14.3. The van der Waals surface area contributed by atoms with Crippen molar-refractivity contribution in [1.29, 1.82) is 0 Å². The van der Waals surface area contributed by atoms with Crippen molar-refractivity contribution in [3.63, 3.8) is 0 Å². The number of nitrogens with zero attached hydrogens (tertiary/aromatic N) is 4. The number of halogens is 1. The van der Waals surface area contributed by atoms with Crippen molar-refractivity contribution >= 4 is 50.6 Å². The number of rotatable bonds is 5. The van der Waals surface area contributed by atoms with Crippen LogP contribution in [-0.2, 0) is 0 Å². The molecule has 0 spiro atoms. The highest BCUT2D eigenvalue weighted by Crippen LogP contribution is 2.42. The number of aliphatic hydroxyl groups excluding tert-OH is 1. The highest BCUT2D eigenvalue weighted by molar-refractivity contribution is 7.21. The lowest BCUT2D eigenvalue weighted by Crippen LogP contribution is -2.25. The van der Waals surface area contributed by atoms with Gasteiger partial charge < -0.3 is 21.1 Å². The van der Waals surface area contributed by atoms with E-state index in [1.54, 1.807) is 11.3 Å². The molecule has 160 valence electrons. The molecule has 0 bridgehead atoms. The van der Waals surface area contributed by atoms with Gasteiger partial charge in [0.05, 0.1) is 15.8 Å². The Labute approximate surface area is 185 Å². The number of benzene rings is 1. The molecule has 0 saturated heterocycles. The van der Waals surface area contributed by atoms with Crippen LogP contribution in [0, 0.1) is 17.8 Å². The molecule has 0 amide bonds. The maximum atomic E-state index is 9.69. The molecule has 3 aromatic rings. The minimum atomic E-state index is 0.125. The van der Waals surface area contributed by atoms with Gasteiger partial charge in [-0.1, -0.05) is 25.4 Å². The molecule has 0 aliphatic heterocycles. The molecule has 9 heteroatoms. The molecular formula is C21H27ClN6OS. The van der Waals surface area contributed by atoms with Crippen LogP contribution in [0.4, 0.5) is 17.5 Å². The molecular weight excluding hydrogens is 420 g/mol. The van der Waals surface area contributed by atoms with Crippen LogP contribution >= 0.6 is 22.9 Å². The zero-order valence-corrected chi connectivity index (χ0v) is 19.1. The fourth-order valence-corrected chi connectivity index (χ4v) is 5.57. The summed E-state index contributed by atoms with van der Waals surface area (Å²) in [5.74, 6) is 1.78. The maximum absolute atomic E-state index is 9.69. The summed E-state index contributed by atoms with van der Waals surface area (Å²) >= 11 is 8.09. The lowest BCUT2D eigenvalue weighted by Gasteiger charge is -2.21. The highest BCUT2D eigenvalue weighted by atomic mass is 35.5. The highest BCUT2D eigenvalue weighted by Gasteiger charge is 2.38. The van der Waals surface area contributed by atoms with Gasteiger partial charge in [0, 0.05) is 32.4 Å². The van der Waals surface area contributed by atoms with Gasteiger partial charge in [-0.15, -0.1) is 11.3 Å². The summed E-state index contributed by atoms with van der Waals surface area (Å²) < 4.78 is 1.07. The molecule has 0 radical (unpaired) electrons. The summed E-state index contributed by atoms with van der Waals surface area (Å²) in [6, 6.07) is 6.33. The monoisotopic (exact) mass is 446 g/mol. The standard InChI is InChI=1S/C21H27ClN6OS/c1-10-11(2)15(7-12(10)9-29)24-19-17(18(22)26-21(23)27-19)20-25-14-6-5-13(28(3)4)8-16(14)30-20/h5-6,8,10-12,15,29H,7,9H2,1-4H3,(H3,23,24,26,27). The normalized spacial score (nSPS) is 23.8. The van der Waals surface area contributed by atoms with E-state index in [2.05, 4.69) is 40.1 Å². The van der Waals surface area contributed by atoms with Crippen molar-refractivity contribution in [2.24, 2.45) is 17.8 Å². The molecule has 1 aromatic carbocycles. The van der Waals surface area contributed by atoms with E-state index >= 15 is 0 Å². The predicted octanol–water partition coefficient (Wildman–Crippen LogP) is 4.12. The van der Waals surface area contributed by atoms with Crippen LogP contribution in [0.2, 0.25) is 5.15 Å². The fraction of sp³-hybridized carbons (Fsp3) is 0.476. The van der Waals surface area contributed by atoms with Crippen LogP contribution in [0.5, 0.6) is 0 Å². The summed E-state index contributed by atoms with van der Waals surface area (Å²) in [5.41, 5.74) is 8.60. The fourth-order valence-electron chi connectivity index (χ4n) is 4.20. The Morgan fingerprint density at radius 2 is 2.00 bits per heavy atom. The molecule has 1 aliphatic carbocycles. The summed E-state index contributed by atoms with van der Waals surface area (Å²) in [6.45, 7) is 4.57. The van der Waals surface area contributed by atoms with Gasteiger partial charge in [0.15, 0.2) is 0 Å². The van der Waals surface area contributed by atoms with Crippen molar-refractivity contribution in [3.8, 4) is 10.6 Å². The molecule has 4 N–H and O–H groups in total. The van der Waals surface area contributed by atoms with E-state index < -0.39 is 0 Å². The third-order valence-electron chi connectivity index (χ3n) is 6.31. The van der Waals surface area contributed by atoms with Crippen molar-refractivity contribution < 1.29 is 5.11 Å². The second-order valence-corrected chi connectivity index (χ2v) is 9.70. The Morgan fingerprint density at radius 3 is 2.67 bits per heavy atom. The molecule has 4 rings (SSSR count). The van der Waals surface area contributed by atoms with Crippen molar-refractivity contribution in [2.45, 2.75) is 26.3 Å². The maximum Gasteiger partial charge on any atom is 0.223 e. The smallest absolute Gasteiger partial charge is 0.223 e. The Kier molecular flexibility index (Phi) is 5.74. The number of anilines is 3. The quantitative estimate of drug-likeness (QED) is 0.507. The minimum Gasteiger partial charge on any atom is -0.396 e. The van der Waals surface area contributed by atoms with E-state index in [0.717, 1.165) is 27.3 Å². The first-order chi connectivity index (χ1) is 14.3. The largest absolute Gasteiger partial charge is 0.396 e. The number of fused-ring (bicyclic) bond motifs is 1. The van der Waals surface area contributed by atoms with Crippen LogP contribution in [0.15, 0.2) is 18.2 Å². The Hall–Kier alpha value is -2.16. The Balaban J connectivity index is 1.75. The van der Waals surface area contributed by atoms with Gasteiger partial charge in [0.2, 0.25) is 5.95 Å². The molecule has 2 aromatic heterocycles. The van der Waals surface area contributed by atoms with Crippen molar-refractivity contribution in [3.05, 3.63) is 23.4 Å². The number of nitrogens with one attached hydrogen (secondary N) is 1. The van der Waals surface area contributed by atoms with E-state index in [-0.39, 0.29) is 29.7 Å². The van der Waals surface area contributed by atoms with Crippen LogP contribution in [0.3, 0.4) is 0 Å². The van der Waals surface area contributed by atoms with Gasteiger partial charge in [0.25, 0.3) is 0 Å². The Morgan fingerprint density at radius 1 is 1.23 bits per heavy atom. The minimum absolute atomic E-state index is 0.125. The third kappa shape index (κ3) is 3.79. The SMILES string of the molecule is CC1C(CO)CC(Nc2nc(N)nc(Cl)c2-c2nc3ccc(N(C)C)cc3s2)C1C. The number of hydrogen-bond acceptors (Lipinski definition) is 8. The molecule has 1 aliphatic rings. The first-order valence-electron chi connectivity index (χ1n) is 10.1. The van der Waals surface area contributed by atoms with Crippen molar-refractivity contribution in [1.82, 2.24) is 15.0 Å². The van der Waals surface area contributed by atoms with Crippen molar-refractivity contribution in [2.75, 3.05) is 36.7 Å². The van der Waals surface area contributed by atoms with Gasteiger partial charge in [-0.25, -0.2) is 9.97 Å². The van der Waals surface area contributed by atoms with Gasteiger partial charge >= 0.3 is 0 Å². The molecule has 1 saturated carbocycles. The number of thiazole rings is 1. The first-order valence-corrected chi connectivity index (χ1v) is 11.3. The molecule has 7 nitrogen and oxygen atoms in total. The predicted molar refractivity (Wildman–Crippen MR) is 125 cm³/mol. The van der Waals surface area contributed by atoms with E-state index in [1.807, 2.05) is 26.2 Å².